The van der Waals surface area contributed by atoms with E-state index in [4.69, 9.17) is 0 Å². The van der Waals surface area contributed by atoms with Gasteiger partial charge >= 0.3 is 0 Å². The highest BCUT2D eigenvalue weighted by atomic mass is 15.2. The van der Waals surface area contributed by atoms with Crippen LogP contribution in [0, 0.1) is 5.92 Å². The molecule has 112 valence electrons. The molecule has 0 radical (unpaired) electrons. The van der Waals surface area contributed by atoms with Crippen LogP contribution in [-0.4, -0.2) is 30.1 Å². The molecule has 0 bridgehead atoms. The molecule has 0 aliphatic heterocycles. The molecule has 0 unspecified atom stereocenters. The van der Waals surface area contributed by atoms with Crippen molar-refractivity contribution in [3.05, 3.63) is 11.9 Å². The predicted molar refractivity (Wildman–Crippen MR) is 85.4 cm³/mol. The second kappa shape index (κ2) is 7.46. The molecule has 0 atom stereocenters. The third kappa shape index (κ3) is 4.09. The summed E-state index contributed by atoms with van der Waals surface area (Å²) in [6.07, 6.45) is 7.82. The van der Waals surface area contributed by atoms with E-state index in [1.54, 1.807) is 0 Å². The zero-order valence-electron chi connectivity index (χ0n) is 13.2. The first-order valence-electron chi connectivity index (χ1n) is 8.05. The SMILES string of the molecule is CCNc1cc(N(C)CC2CCCCC2)nc(CC)n1. The Morgan fingerprint density at radius 1 is 1.20 bits per heavy atom. The van der Waals surface area contributed by atoms with Crippen LogP contribution in [0.1, 0.15) is 51.8 Å². The lowest BCUT2D eigenvalue weighted by molar-refractivity contribution is 0.361. The zero-order chi connectivity index (χ0) is 14.4. The van der Waals surface area contributed by atoms with E-state index in [-0.39, 0.29) is 0 Å². The van der Waals surface area contributed by atoms with Crippen LogP contribution in [0.2, 0.25) is 0 Å². The number of aromatic nitrogens is 2. The molecule has 1 fully saturated rings. The average Bonchev–Trinajstić information content (AvgIpc) is 2.48. The van der Waals surface area contributed by atoms with Crippen molar-refractivity contribution >= 4 is 11.6 Å². The summed E-state index contributed by atoms with van der Waals surface area (Å²) in [5.41, 5.74) is 0. The van der Waals surface area contributed by atoms with Crippen LogP contribution >= 0.6 is 0 Å². The van der Waals surface area contributed by atoms with Crippen LogP contribution < -0.4 is 10.2 Å². The van der Waals surface area contributed by atoms with Crippen molar-refractivity contribution in [2.45, 2.75) is 52.4 Å². The first-order chi connectivity index (χ1) is 9.72. The van der Waals surface area contributed by atoms with Gasteiger partial charge in [0.25, 0.3) is 0 Å². The summed E-state index contributed by atoms with van der Waals surface area (Å²) in [6, 6.07) is 2.07. The molecule has 0 spiro atoms. The molecule has 20 heavy (non-hydrogen) atoms. The number of hydrogen-bond acceptors (Lipinski definition) is 4. The van der Waals surface area contributed by atoms with Gasteiger partial charge in [0.2, 0.25) is 0 Å². The van der Waals surface area contributed by atoms with E-state index in [9.17, 15) is 0 Å². The molecule has 0 amide bonds. The van der Waals surface area contributed by atoms with Crippen molar-refractivity contribution in [1.82, 2.24) is 9.97 Å². The highest BCUT2D eigenvalue weighted by Crippen LogP contribution is 2.26. The fourth-order valence-electron chi connectivity index (χ4n) is 2.96. The summed E-state index contributed by atoms with van der Waals surface area (Å²) in [5, 5.41) is 3.30. The van der Waals surface area contributed by atoms with Gasteiger partial charge in [0.05, 0.1) is 0 Å². The Hall–Kier alpha value is -1.32. The van der Waals surface area contributed by atoms with Crippen LogP contribution in [-0.2, 0) is 6.42 Å². The number of nitrogens with zero attached hydrogens (tertiary/aromatic N) is 3. The van der Waals surface area contributed by atoms with E-state index < -0.39 is 0 Å². The van der Waals surface area contributed by atoms with Gasteiger partial charge in [0.15, 0.2) is 0 Å². The number of nitrogens with one attached hydrogen (secondary N) is 1. The van der Waals surface area contributed by atoms with E-state index >= 15 is 0 Å². The Morgan fingerprint density at radius 2 is 1.95 bits per heavy atom. The molecule has 2 rings (SSSR count). The van der Waals surface area contributed by atoms with E-state index in [1.165, 1.54) is 32.1 Å². The number of rotatable bonds is 6. The lowest BCUT2D eigenvalue weighted by atomic mass is 9.89. The smallest absolute Gasteiger partial charge is 0.134 e. The van der Waals surface area contributed by atoms with Crippen molar-refractivity contribution in [1.29, 1.82) is 0 Å². The van der Waals surface area contributed by atoms with Crippen molar-refractivity contribution in [3.63, 3.8) is 0 Å². The van der Waals surface area contributed by atoms with Crippen molar-refractivity contribution in [3.8, 4) is 0 Å². The standard InChI is InChI=1S/C16H28N4/c1-4-14-18-15(17-5-2)11-16(19-14)20(3)12-13-9-7-6-8-10-13/h11,13H,4-10,12H2,1-3H3,(H,17,18,19). The monoisotopic (exact) mass is 276 g/mol. The van der Waals surface area contributed by atoms with Gasteiger partial charge in [-0.05, 0) is 25.7 Å². The van der Waals surface area contributed by atoms with Gasteiger partial charge in [-0.2, -0.15) is 0 Å². The van der Waals surface area contributed by atoms with Crippen molar-refractivity contribution in [2.75, 3.05) is 30.4 Å². The average molecular weight is 276 g/mol. The fourth-order valence-corrected chi connectivity index (χ4v) is 2.96. The molecular weight excluding hydrogens is 248 g/mol. The normalized spacial score (nSPS) is 16.1. The maximum atomic E-state index is 4.67. The number of hydrogen-bond donors (Lipinski definition) is 1. The second-order valence-corrected chi connectivity index (χ2v) is 5.80. The molecule has 4 heteroatoms. The predicted octanol–water partition coefficient (Wildman–Crippen LogP) is 3.49. The molecular formula is C16H28N4. The van der Waals surface area contributed by atoms with Crippen LogP contribution in [0.5, 0.6) is 0 Å². The number of anilines is 2. The van der Waals surface area contributed by atoms with E-state index in [0.717, 1.165) is 42.9 Å². The van der Waals surface area contributed by atoms with Crippen molar-refractivity contribution < 1.29 is 0 Å². The maximum absolute atomic E-state index is 4.67. The molecule has 4 nitrogen and oxygen atoms in total. The lowest BCUT2D eigenvalue weighted by Crippen LogP contribution is -2.28. The van der Waals surface area contributed by atoms with Crippen LogP contribution in [0.4, 0.5) is 11.6 Å². The Bertz CT molecular complexity index is 413. The molecule has 1 aromatic rings. The van der Waals surface area contributed by atoms with E-state index in [0.29, 0.717) is 0 Å². The fraction of sp³-hybridized carbons (Fsp3) is 0.750. The summed E-state index contributed by atoms with van der Waals surface area (Å²) in [4.78, 5) is 11.5. The minimum Gasteiger partial charge on any atom is -0.370 e. The van der Waals surface area contributed by atoms with Gasteiger partial charge in [0, 0.05) is 32.6 Å². The minimum atomic E-state index is 0.830. The van der Waals surface area contributed by atoms with Crippen LogP contribution in [0.3, 0.4) is 0 Å². The highest BCUT2D eigenvalue weighted by molar-refractivity contribution is 5.49. The van der Waals surface area contributed by atoms with Gasteiger partial charge < -0.3 is 10.2 Å². The highest BCUT2D eigenvalue weighted by Gasteiger charge is 2.17. The molecule has 1 aliphatic carbocycles. The Kier molecular flexibility index (Phi) is 5.62. The Balaban J connectivity index is 2.06. The largest absolute Gasteiger partial charge is 0.370 e. The summed E-state index contributed by atoms with van der Waals surface area (Å²) < 4.78 is 0. The summed E-state index contributed by atoms with van der Waals surface area (Å²) >= 11 is 0. The van der Waals surface area contributed by atoms with E-state index in [1.807, 2.05) is 0 Å². The molecule has 1 heterocycles. The molecule has 1 aliphatic rings. The van der Waals surface area contributed by atoms with Gasteiger partial charge in [0.1, 0.15) is 17.5 Å². The third-order valence-corrected chi connectivity index (χ3v) is 4.08. The van der Waals surface area contributed by atoms with Gasteiger partial charge in [-0.1, -0.05) is 26.2 Å². The van der Waals surface area contributed by atoms with Crippen LogP contribution in [0.25, 0.3) is 0 Å². The second-order valence-electron chi connectivity index (χ2n) is 5.80. The Morgan fingerprint density at radius 3 is 2.60 bits per heavy atom. The van der Waals surface area contributed by atoms with Gasteiger partial charge in [-0.3, -0.25) is 0 Å². The van der Waals surface area contributed by atoms with E-state index in [2.05, 4.69) is 47.1 Å². The molecule has 1 saturated carbocycles. The first kappa shape index (κ1) is 15.1. The summed E-state index contributed by atoms with van der Waals surface area (Å²) in [7, 11) is 2.16. The molecule has 0 aromatic carbocycles. The lowest BCUT2D eigenvalue weighted by Gasteiger charge is -2.28. The third-order valence-electron chi connectivity index (χ3n) is 4.08. The quantitative estimate of drug-likeness (QED) is 0.863. The molecule has 0 saturated heterocycles. The topological polar surface area (TPSA) is 41.0 Å². The zero-order valence-corrected chi connectivity index (χ0v) is 13.2. The van der Waals surface area contributed by atoms with Gasteiger partial charge in [-0.25, -0.2) is 9.97 Å². The summed E-state index contributed by atoms with van der Waals surface area (Å²) in [6.45, 7) is 6.22. The minimum absolute atomic E-state index is 0.830. The first-order valence-corrected chi connectivity index (χ1v) is 8.05. The molecule has 1 N–H and O–H groups in total. The number of aryl methyl sites for hydroxylation is 1. The maximum Gasteiger partial charge on any atom is 0.134 e. The van der Waals surface area contributed by atoms with Gasteiger partial charge in [-0.15, -0.1) is 0 Å². The van der Waals surface area contributed by atoms with Crippen molar-refractivity contribution in [2.24, 2.45) is 5.92 Å². The van der Waals surface area contributed by atoms with Crippen LogP contribution in [0.15, 0.2) is 6.07 Å². The molecule has 1 aromatic heterocycles. The summed E-state index contributed by atoms with van der Waals surface area (Å²) in [5.74, 6) is 3.76. The Labute approximate surface area is 123 Å².